The molecule has 1 aliphatic rings. The minimum absolute atomic E-state index is 0.00218. The molecule has 0 bridgehead atoms. The van der Waals surface area contributed by atoms with Crippen molar-refractivity contribution in [2.24, 2.45) is 5.92 Å². The summed E-state index contributed by atoms with van der Waals surface area (Å²) in [6, 6.07) is 7.14. The lowest BCUT2D eigenvalue weighted by Crippen LogP contribution is -2.39. The quantitative estimate of drug-likeness (QED) is 0.541. The number of anilines is 2. The predicted molar refractivity (Wildman–Crippen MR) is 127 cm³/mol. The number of nitrogens with one attached hydrogen (secondary N) is 2. The van der Waals surface area contributed by atoms with Gasteiger partial charge in [0.05, 0.1) is 12.3 Å². The Kier molecular flexibility index (Phi) is 6.87. The Bertz CT molecular complexity index is 1220. The summed E-state index contributed by atoms with van der Waals surface area (Å²) in [6.07, 6.45) is 2.81. The molecule has 0 saturated carbocycles. The first-order chi connectivity index (χ1) is 16.0. The van der Waals surface area contributed by atoms with Gasteiger partial charge in [-0.3, -0.25) is 19.0 Å². The van der Waals surface area contributed by atoms with Gasteiger partial charge in [0.25, 0.3) is 5.56 Å². The van der Waals surface area contributed by atoms with Gasteiger partial charge in [0.2, 0.25) is 11.8 Å². The maximum Gasteiger partial charge on any atom is 0.273 e. The lowest BCUT2D eigenvalue weighted by Gasteiger charge is -2.30. The van der Waals surface area contributed by atoms with Gasteiger partial charge in [-0.25, -0.2) is 4.98 Å². The van der Waals surface area contributed by atoms with E-state index in [-0.39, 0.29) is 29.8 Å². The molecule has 2 N–H and O–H groups in total. The molecule has 2 aromatic heterocycles. The second-order valence-corrected chi connectivity index (χ2v) is 8.66. The van der Waals surface area contributed by atoms with E-state index in [1.807, 2.05) is 13.0 Å². The van der Waals surface area contributed by atoms with Crippen LogP contribution in [0, 0.1) is 5.92 Å². The number of benzene rings is 1. The second-order valence-electron chi connectivity index (χ2n) is 7.68. The number of carbonyl (C=O) groups excluding carboxylic acids is 2. The molecule has 3 aromatic rings. The van der Waals surface area contributed by atoms with Gasteiger partial charge in [-0.2, -0.15) is 4.98 Å². The Balaban J connectivity index is 1.47. The van der Waals surface area contributed by atoms with E-state index in [0.717, 1.165) is 12.8 Å². The summed E-state index contributed by atoms with van der Waals surface area (Å²) in [7, 11) is 1.65. The summed E-state index contributed by atoms with van der Waals surface area (Å²) in [6.45, 7) is 3.55. The van der Waals surface area contributed by atoms with Crippen LogP contribution >= 0.6 is 11.3 Å². The number of thiazole rings is 1. The third-order valence-corrected chi connectivity index (χ3v) is 6.62. The summed E-state index contributed by atoms with van der Waals surface area (Å²) >= 11 is 1.27. The van der Waals surface area contributed by atoms with Crippen molar-refractivity contribution < 1.29 is 14.3 Å². The zero-order chi connectivity index (χ0) is 23.4. The molecule has 0 spiro atoms. The topological polar surface area (TPSA) is 118 Å². The zero-order valence-electron chi connectivity index (χ0n) is 18.5. The van der Waals surface area contributed by atoms with Gasteiger partial charge in [-0.1, -0.05) is 23.5 Å². The number of aromatic nitrogens is 3. The van der Waals surface area contributed by atoms with Crippen LogP contribution in [-0.2, 0) is 16.1 Å². The van der Waals surface area contributed by atoms with E-state index >= 15 is 0 Å². The second kappa shape index (κ2) is 9.99. The van der Waals surface area contributed by atoms with E-state index in [1.54, 1.807) is 25.2 Å². The number of hydrogen-bond donors (Lipinski definition) is 2. The molecule has 0 atom stereocenters. The number of amides is 2. The molecule has 33 heavy (non-hydrogen) atoms. The van der Waals surface area contributed by atoms with Crippen molar-refractivity contribution in [3.05, 3.63) is 40.9 Å². The van der Waals surface area contributed by atoms with E-state index in [4.69, 9.17) is 4.74 Å². The van der Waals surface area contributed by atoms with Gasteiger partial charge >= 0.3 is 0 Å². The van der Waals surface area contributed by atoms with Crippen LogP contribution in [0.1, 0.15) is 19.8 Å². The van der Waals surface area contributed by atoms with Gasteiger partial charge in [0.1, 0.15) is 23.3 Å². The van der Waals surface area contributed by atoms with Gasteiger partial charge in [0.15, 0.2) is 10.8 Å². The van der Waals surface area contributed by atoms with Crippen molar-refractivity contribution >= 4 is 44.3 Å². The summed E-state index contributed by atoms with van der Waals surface area (Å²) in [5, 5.41) is 6.20. The third kappa shape index (κ3) is 4.98. The van der Waals surface area contributed by atoms with Gasteiger partial charge < -0.3 is 20.3 Å². The van der Waals surface area contributed by atoms with Crippen LogP contribution < -0.4 is 25.8 Å². The molecule has 3 heterocycles. The molecule has 10 nitrogen and oxygen atoms in total. The van der Waals surface area contributed by atoms with E-state index < -0.39 is 0 Å². The SMILES string of the molecule is CCOc1ccccc1NC(=O)Cn1cnc2nc(N3CCC(C(=O)NC)CC3)sc2c1=O. The number of hydrogen-bond acceptors (Lipinski definition) is 8. The molecule has 1 aliphatic heterocycles. The number of nitrogens with zero attached hydrogens (tertiary/aromatic N) is 4. The van der Waals surface area contributed by atoms with Gasteiger partial charge in [0, 0.05) is 26.1 Å². The average molecular weight is 471 g/mol. The average Bonchev–Trinajstić information content (AvgIpc) is 3.27. The van der Waals surface area contributed by atoms with Crippen molar-refractivity contribution in [2.75, 3.05) is 37.0 Å². The maximum atomic E-state index is 13.0. The summed E-state index contributed by atoms with van der Waals surface area (Å²) < 4.78 is 7.21. The third-order valence-electron chi connectivity index (χ3n) is 5.53. The molecule has 0 radical (unpaired) electrons. The molecule has 11 heteroatoms. The Morgan fingerprint density at radius 3 is 2.73 bits per heavy atom. The molecule has 1 aromatic carbocycles. The number of para-hydroxylation sites is 2. The largest absolute Gasteiger partial charge is 0.492 e. The first kappa shape index (κ1) is 22.7. The molecule has 1 saturated heterocycles. The standard InChI is InChI=1S/C22H26N6O4S/c1-3-32-16-7-5-4-6-15(16)25-17(29)12-28-13-24-19-18(21(28)31)33-22(26-19)27-10-8-14(9-11-27)20(30)23-2/h4-7,13-14H,3,8-12H2,1-2H3,(H,23,30)(H,25,29). The van der Waals surface area contributed by atoms with E-state index in [1.165, 1.54) is 22.2 Å². The Morgan fingerprint density at radius 1 is 1.24 bits per heavy atom. The van der Waals surface area contributed by atoms with Crippen LogP contribution in [0.3, 0.4) is 0 Å². The molecule has 0 aliphatic carbocycles. The van der Waals surface area contributed by atoms with E-state index in [2.05, 4.69) is 25.5 Å². The van der Waals surface area contributed by atoms with Crippen molar-refractivity contribution in [1.29, 1.82) is 0 Å². The molecule has 0 unspecified atom stereocenters. The van der Waals surface area contributed by atoms with Gasteiger partial charge in [-0.05, 0) is 31.9 Å². The highest BCUT2D eigenvalue weighted by Crippen LogP contribution is 2.29. The van der Waals surface area contributed by atoms with Crippen LogP contribution in [0.4, 0.5) is 10.8 Å². The van der Waals surface area contributed by atoms with Crippen LogP contribution in [0.15, 0.2) is 35.4 Å². The number of piperidine rings is 1. The minimum Gasteiger partial charge on any atom is -0.492 e. The Hall–Kier alpha value is -3.47. The van der Waals surface area contributed by atoms with Crippen LogP contribution in [-0.4, -0.2) is 53.1 Å². The number of ether oxygens (including phenoxy) is 1. The number of rotatable bonds is 7. The first-order valence-corrected chi connectivity index (χ1v) is 11.7. The molecule has 2 amide bonds. The maximum absolute atomic E-state index is 13.0. The monoisotopic (exact) mass is 470 g/mol. The fraction of sp³-hybridized carbons (Fsp3) is 0.409. The predicted octanol–water partition coefficient (Wildman–Crippen LogP) is 1.85. The van der Waals surface area contributed by atoms with Crippen LogP contribution in [0.2, 0.25) is 0 Å². The number of fused-ring (bicyclic) bond motifs is 1. The lowest BCUT2D eigenvalue weighted by molar-refractivity contribution is -0.125. The van der Waals surface area contributed by atoms with Crippen LogP contribution in [0.25, 0.3) is 10.3 Å². The van der Waals surface area contributed by atoms with Gasteiger partial charge in [-0.15, -0.1) is 0 Å². The summed E-state index contributed by atoms with van der Waals surface area (Å²) in [4.78, 5) is 48.3. The normalized spacial score (nSPS) is 14.3. The van der Waals surface area contributed by atoms with Crippen molar-refractivity contribution in [3.8, 4) is 5.75 Å². The minimum atomic E-state index is -0.355. The molecular weight excluding hydrogens is 444 g/mol. The summed E-state index contributed by atoms with van der Waals surface area (Å²) in [5.74, 6) is 0.279. The van der Waals surface area contributed by atoms with E-state index in [9.17, 15) is 14.4 Å². The highest BCUT2D eigenvalue weighted by atomic mass is 32.1. The summed E-state index contributed by atoms with van der Waals surface area (Å²) in [5.41, 5.74) is 0.607. The highest BCUT2D eigenvalue weighted by Gasteiger charge is 2.26. The Morgan fingerprint density at radius 2 is 2.00 bits per heavy atom. The molecule has 4 rings (SSSR count). The van der Waals surface area contributed by atoms with Crippen molar-refractivity contribution in [3.63, 3.8) is 0 Å². The van der Waals surface area contributed by atoms with Crippen molar-refractivity contribution in [1.82, 2.24) is 19.9 Å². The lowest BCUT2D eigenvalue weighted by atomic mass is 9.96. The van der Waals surface area contributed by atoms with Crippen LogP contribution in [0.5, 0.6) is 5.75 Å². The number of carbonyl (C=O) groups is 2. The Labute approximate surface area is 194 Å². The highest BCUT2D eigenvalue weighted by molar-refractivity contribution is 7.22. The first-order valence-electron chi connectivity index (χ1n) is 10.8. The smallest absolute Gasteiger partial charge is 0.273 e. The fourth-order valence-electron chi connectivity index (χ4n) is 3.82. The van der Waals surface area contributed by atoms with E-state index in [0.29, 0.717) is 46.6 Å². The fourth-order valence-corrected chi connectivity index (χ4v) is 4.84. The molecule has 174 valence electrons. The zero-order valence-corrected chi connectivity index (χ0v) is 19.4. The molecule has 1 fully saturated rings. The molecular formula is C22H26N6O4S. The van der Waals surface area contributed by atoms with Crippen molar-refractivity contribution in [2.45, 2.75) is 26.3 Å².